The summed E-state index contributed by atoms with van der Waals surface area (Å²) < 4.78 is 0. The Morgan fingerprint density at radius 3 is 2.70 bits per heavy atom. The summed E-state index contributed by atoms with van der Waals surface area (Å²) in [4.78, 5) is 0. The van der Waals surface area contributed by atoms with Gasteiger partial charge in [0, 0.05) is 12.2 Å². The minimum Gasteiger partial charge on any atom is -0.390 e. The first kappa shape index (κ1) is 20.4. The Kier molecular flexibility index (Phi) is 5.13. The molecule has 0 aliphatic heterocycles. The van der Waals surface area contributed by atoms with Crippen LogP contribution in [0.5, 0.6) is 0 Å². The fourth-order valence-corrected chi connectivity index (χ4v) is 8.47. The van der Waals surface area contributed by atoms with Crippen LogP contribution < -0.4 is 5.32 Å². The standard InChI is InChI=1S/C27H38N2O/c1-26(30)12-10-22-19(15-26)6-8-24-23(22)11-13-27(2)20(7-9-25(24)27)17-29-21-5-3-4-18(14-21)16-28/h3-5,14,19-20,22-25,29-30H,6-13,15,17H2,1-2H3/t19-,20-,22+,23-,24-,25+,26-,27-/m1/s1. The van der Waals surface area contributed by atoms with Crippen LogP contribution in [0.2, 0.25) is 0 Å². The summed E-state index contributed by atoms with van der Waals surface area (Å²) in [7, 11) is 0. The van der Waals surface area contributed by atoms with Crippen LogP contribution in [0.3, 0.4) is 0 Å². The van der Waals surface area contributed by atoms with Crippen LogP contribution in [-0.2, 0) is 0 Å². The number of aliphatic hydroxyl groups is 1. The quantitative estimate of drug-likeness (QED) is 0.648. The number of fused-ring (bicyclic) bond motifs is 5. The SMILES string of the molecule is C[C@@]1(O)CC[C@H]2[C@H](CC[C@@H]3[C@@H]2CC[C@]2(C)[C@@H](CNc4cccc(C#N)c4)CC[C@@H]32)C1. The van der Waals surface area contributed by atoms with Crippen LogP contribution in [0.25, 0.3) is 0 Å². The van der Waals surface area contributed by atoms with Gasteiger partial charge in [-0.15, -0.1) is 0 Å². The van der Waals surface area contributed by atoms with Gasteiger partial charge < -0.3 is 10.4 Å². The molecule has 0 spiro atoms. The maximum absolute atomic E-state index is 10.6. The number of rotatable bonds is 3. The molecule has 3 heteroatoms. The molecule has 0 saturated heterocycles. The third-order valence-electron chi connectivity index (χ3n) is 9.98. The predicted molar refractivity (Wildman–Crippen MR) is 121 cm³/mol. The highest BCUT2D eigenvalue weighted by Crippen LogP contribution is 2.64. The van der Waals surface area contributed by atoms with E-state index in [1.165, 1.54) is 44.9 Å². The Morgan fingerprint density at radius 1 is 1.03 bits per heavy atom. The lowest BCUT2D eigenvalue weighted by atomic mass is 9.49. The molecular weight excluding hydrogens is 368 g/mol. The highest BCUT2D eigenvalue weighted by molar-refractivity contribution is 5.49. The number of hydrogen-bond acceptors (Lipinski definition) is 3. The van der Waals surface area contributed by atoms with Gasteiger partial charge in [-0.25, -0.2) is 0 Å². The van der Waals surface area contributed by atoms with Gasteiger partial charge in [0.1, 0.15) is 0 Å². The highest BCUT2D eigenvalue weighted by Gasteiger charge is 2.57. The predicted octanol–water partition coefficient (Wildman–Crippen LogP) is 5.99. The first-order chi connectivity index (χ1) is 14.4. The largest absolute Gasteiger partial charge is 0.390 e. The molecule has 3 nitrogen and oxygen atoms in total. The molecule has 0 amide bonds. The second-order valence-corrected chi connectivity index (χ2v) is 11.6. The number of benzene rings is 1. The van der Waals surface area contributed by atoms with Crippen LogP contribution >= 0.6 is 0 Å². The van der Waals surface area contributed by atoms with E-state index < -0.39 is 5.60 Å². The molecule has 0 bridgehead atoms. The molecule has 4 aliphatic carbocycles. The lowest BCUT2D eigenvalue weighted by Gasteiger charge is -2.57. The van der Waals surface area contributed by atoms with Crippen molar-refractivity contribution < 1.29 is 5.11 Å². The van der Waals surface area contributed by atoms with E-state index in [4.69, 9.17) is 5.26 Å². The van der Waals surface area contributed by atoms with Crippen LogP contribution in [0.4, 0.5) is 5.69 Å². The fourth-order valence-electron chi connectivity index (χ4n) is 8.47. The van der Waals surface area contributed by atoms with Crippen molar-refractivity contribution >= 4 is 5.69 Å². The molecule has 5 rings (SSSR count). The number of nitriles is 1. The molecule has 8 atom stereocenters. The summed E-state index contributed by atoms with van der Waals surface area (Å²) in [5.74, 6) is 5.10. The average molecular weight is 407 g/mol. The van der Waals surface area contributed by atoms with E-state index in [0.717, 1.165) is 66.1 Å². The van der Waals surface area contributed by atoms with Crippen molar-refractivity contribution in [2.24, 2.45) is 40.9 Å². The molecule has 4 aliphatic rings. The van der Waals surface area contributed by atoms with Gasteiger partial charge in [0.05, 0.1) is 17.2 Å². The molecule has 1 aromatic rings. The third-order valence-corrected chi connectivity index (χ3v) is 9.98. The van der Waals surface area contributed by atoms with Gasteiger partial charge in [0.2, 0.25) is 0 Å². The number of nitrogens with zero attached hydrogens (tertiary/aromatic N) is 1. The summed E-state index contributed by atoms with van der Waals surface area (Å²) in [5, 5.41) is 23.4. The number of nitrogens with one attached hydrogen (secondary N) is 1. The summed E-state index contributed by atoms with van der Waals surface area (Å²) in [6.07, 6.45) is 11.6. The van der Waals surface area contributed by atoms with Crippen molar-refractivity contribution in [3.63, 3.8) is 0 Å². The zero-order chi connectivity index (χ0) is 20.9. The van der Waals surface area contributed by atoms with E-state index in [2.05, 4.69) is 31.3 Å². The molecule has 4 fully saturated rings. The second kappa shape index (κ2) is 7.56. The lowest BCUT2D eigenvalue weighted by Crippen LogP contribution is -2.50. The van der Waals surface area contributed by atoms with Gasteiger partial charge in [0.15, 0.2) is 0 Å². The lowest BCUT2D eigenvalue weighted by molar-refractivity contribution is -0.0988. The second-order valence-electron chi connectivity index (χ2n) is 11.6. The highest BCUT2D eigenvalue weighted by atomic mass is 16.3. The molecule has 4 saturated carbocycles. The number of hydrogen-bond donors (Lipinski definition) is 2. The van der Waals surface area contributed by atoms with Crippen LogP contribution in [-0.4, -0.2) is 17.3 Å². The van der Waals surface area contributed by atoms with Crippen molar-refractivity contribution in [3.8, 4) is 6.07 Å². The van der Waals surface area contributed by atoms with E-state index in [0.29, 0.717) is 5.41 Å². The molecular formula is C27H38N2O. The molecule has 2 N–H and O–H groups in total. The monoisotopic (exact) mass is 406 g/mol. The minimum absolute atomic E-state index is 0.413. The maximum Gasteiger partial charge on any atom is 0.0992 e. The summed E-state index contributed by atoms with van der Waals surface area (Å²) >= 11 is 0. The van der Waals surface area contributed by atoms with Crippen molar-refractivity contribution in [2.45, 2.75) is 77.2 Å². The van der Waals surface area contributed by atoms with Crippen LogP contribution in [0.15, 0.2) is 24.3 Å². The zero-order valence-corrected chi connectivity index (χ0v) is 18.7. The molecule has 0 radical (unpaired) electrons. The normalized spacial score (nSPS) is 45.0. The van der Waals surface area contributed by atoms with Crippen LogP contribution in [0.1, 0.15) is 77.2 Å². The van der Waals surface area contributed by atoms with Gasteiger partial charge in [0.25, 0.3) is 0 Å². The van der Waals surface area contributed by atoms with E-state index in [1.54, 1.807) is 0 Å². The van der Waals surface area contributed by atoms with Gasteiger partial charge in [-0.2, -0.15) is 5.26 Å². The summed E-state index contributed by atoms with van der Waals surface area (Å²) in [6.45, 7) is 5.69. The maximum atomic E-state index is 10.6. The smallest absolute Gasteiger partial charge is 0.0992 e. The van der Waals surface area contributed by atoms with Crippen molar-refractivity contribution in [1.82, 2.24) is 0 Å². The molecule has 1 aromatic carbocycles. The minimum atomic E-state index is -0.413. The average Bonchev–Trinajstić information content (AvgIpc) is 3.07. The Bertz CT molecular complexity index is 826. The third kappa shape index (κ3) is 3.46. The van der Waals surface area contributed by atoms with E-state index in [-0.39, 0.29) is 0 Å². The van der Waals surface area contributed by atoms with Crippen molar-refractivity contribution in [1.29, 1.82) is 5.26 Å². The molecule has 0 heterocycles. The zero-order valence-electron chi connectivity index (χ0n) is 18.7. The first-order valence-electron chi connectivity index (χ1n) is 12.4. The van der Waals surface area contributed by atoms with Gasteiger partial charge in [-0.05, 0) is 124 Å². The molecule has 0 aromatic heterocycles. The Balaban J connectivity index is 1.27. The Morgan fingerprint density at radius 2 is 1.87 bits per heavy atom. The topological polar surface area (TPSA) is 56.0 Å². The van der Waals surface area contributed by atoms with E-state index >= 15 is 0 Å². The van der Waals surface area contributed by atoms with Gasteiger partial charge >= 0.3 is 0 Å². The van der Waals surface area contributed by atoms with Gasteiger partial charge in [-0.1, -0.05) is 13.0 Å². The number of anilines is 1. The Hall–Kier alpha value is -1.53. The van der Waals surface area contributed by atoms with E-state index in [1.807, 2.05) is 18.2 Å². The van der Waals surface area contributed by atoms with Crippen molar-refractivity contribution in [3.05, 3.63) is 29.8 Å². The molecule has 0 unspecified atom stereocenters. The summed E-state index contributed by atoms with van der Waals surface area (Å²) in [6, 6.07) is 10.2. The fraction of sp³-hybridized carbons (Fsp3) is 0.741. The molecule has 30 heavy (non-hydrogen) atoms. The van der Waals surface area contributed by atoms with Crippen molar-refractivity contribution in [2.75, 3.05) is 11.9 Å². The first-order valence-corrected chi connectivity index (χ1v) is 12.4. The van der Waals surface area contributed by atoms with Gasteiger partial charge in [-0.3, -0.25) is 0 Å². The molecule has 162 valence electrons. The van der Waals surface area contributed by atoms with Crippen LogP contribution in [0, 0.1) is 52.3 Å². The summed E-state index contributed by atoms with van der Waals surface area (Å²) in [5.41, 5.74) is 1.88. The Labute approximate surface area is 182 Å². The van der Waals surface area contributed by atoms with E-state index in [9.17, 15) is 5.11 Å².